The molecule has 0 heterocycles. The van der Waals surface area contributed by atoms with E-state index in [9.17, 15) is 0 Å². The summed E-state index contributed by atoms with van der Waals surface area (Å²) in [6.45, 7) is 5.42. The highest BCUT2D eigenvalue weighted by molar-refractivity contribution is 6.16. The molecule has 0 nitrogen and oxygen atoms in total. The van der Waals surface area contributed by atoms with Crippen molar-refractivity contribution in [2.45, 2.75) is 19.8 Å². The minimum atomic E-state index is 1.13. The molecule has 6 aromatic carbocycles. The van der Waals surface area contributed by atoms with Gasteiger partial charge in [-0.15, -0.1) is 0 Å². The van der Waals surface area contributed by atoms with E-state index in [0.717, 1.165) is 12.8 Å². The van der Waals surface area contributed by atoms with E-state index in [1.807, 2.05) is 19.1 Å². The van der Waals surface area contributed by atoms with Crippen LogP contribution < -0.4 is 0 Å². The molecule has 2 aliphatic carbocycles. The van der Waals surface area contributed by atoms with Gasteiger partial charge in [-0.1, -0.05) is 146 Å². The first-order valence-corrected chi connectivity index (χ1v) is 15.8. The molecule has 0 unspecified atom stereocenters. The highest BCUT2D eigenvalue weighted by Gasteiger charge is 2.21. The molecule has 0 saturated heterocycles. The maximum Gasteiger partial charge on any atom is -0.00259 e. The first-order chi connectivity index (χ1) is 22.2. The Kier molecular flexibility index (Phi) is 7.96. The van der Waals surface area contributed by atoms with Crippen LogP contribution in [0.1, 0.15) is 25.3 Å². The van der Waals surface area contributed by atoms with E-state index in [1.54, 1.807) is 6.08 Å². The van der Waals surface area contributed by atoms with Gasteiger partial charge in [0.25, 0.3) is 0 Å². The lowest BCUT2D eigenvalue weighted by molar-refractivity contribution is 1.04. The number of fused-ring (bicyclic) bond motifs is 3. The maximum absolute atomic E-state index is 3.46. The Hall–Kier alpha value is -5.46. The predicted molar refractivity (Wildman–Crippen MR) is 196 cm³/mol. The third-order valence-electron chi connectivity index (χ3n) is 8.75. The molecule has 0 spiro atoms. The summed E-state index contributed by atoms with van der Waals surface area (Å²) >= 11 is 0. The minimum Gasteiger partial charge on any atom is -0.0991 e. The van der Waals surface area contributed by atoms with Gasteiger partial charge in [-0.25, -0.2) is 0 Å². The van der Waals surface area contributed by atoms with Crippen molar-refractivity contribution in [2.24, 2.45) is 0 Å². The molecule has 216 valence electrons. The van der Waals surface area contributed by atoms with E-state index in [2.05, 4.69) is 152 Å². The number of hydrogen-bond donors (Lipinski definition) is 0. The van der Waals surface area contributed by atoms with Crippen LogP contribution in [0, 0.1) is 0 Å². The van der Waals surface area contributed by atoms with Gasteiger partial charge in [0.15, 0.2) is 0 Å². The topological polar surface area (TPSA) is 0 Å². The Morgan fingerprint density at radius 3 is 1.73 bits per heavy atom. The second-order valence-corrected chi connectivity index (χ2v) is 11.6. The van der Waals surface area contributed by atoms with Crippen LogP contribution in [-0.4, -0.2) is 0 Å². The number of hydrogen-bond acceptors (Lipinski definition) is 0. The summed E-state index contributed by atoms with van der Waals surface area (Å²) in [7, 11) is 0. The van der Waals surface area contributed by atoms with Crippen molar-refractivity contribution in [3.63, 3.8) is 0 Å². The van der Waals surface area contributed by atoms with Gasteiger partial charge in [0, 0.05) is 0 Å². The first-order valence-electron chi connectivity index (χ1n) is 15.8. The van der Waals surface area contributed by atoms with Crippen LogP contribution in [0.15, 0.2) is 170 Å². The number of allylic oxidation sites excluding steroid dienone is 7. The molecule has 0 aromatic heterocycles. The van der Waals surface area contributed by atoms with E-state index in [0.29, 0.717) is 0 Å². The summed E-state index contributed by atoms with van der Waals surface area (Å²) in [6, 6.07) is 47.1. The number of benzene rings is 6. The zero-order valence-electron chi connectivity index (χ0n) is 25.7. The average Bonchev–Trinajstić information content (AvgIpc) is 3.44. The standard InChI is InChI=1S/C40H28.C5H8/c1-2-9-27(10-3-1)28-19-21-29(22-20-28)30-11-6-12-31(23-30)32-13-7-14-33(24-32)35-25-34-15-8-18-38-36-16-4-5-17-37(36)39(26-35)40(34)38;1-3-5-4-2/h2,4-26H,1,3H2;3-5H,1H2,2H3/b;5-4-. The molecule has 0 saturated carbocycles. The fourth-order valence-corrected chi connectivity index (χ4v) is 6.56. The molecule has 8 rings (SSSR count). The Bertz CT molecular complexity index is 2120. The second kappa shape index (κ2) is 12.6. The fourth-order valence-electron chi connectivity index (χ4n) is 6.56. The quantitative estimate of drug-likeness (QED) is 0.179. The smallest absolute Gasteiger partial charge is 0.00259 e. The lowest BCUT2D eigenvalue weighted by Crippen LogP contribution is -1.87. The molecule has 0 heteroatoms. The molecule has 0 aliphatic heterocycles. The molecular weight excluding hydrogens is 540 g/mol. The van der Waals surface area contributed by atoms with Gasteiger partial charge in [0.05, 0.1) is 0 Å². The van der Waals surface area contributed by atoms with Crippen molar-refractivity contribution >= 4 is 16.3 Å². The third-order valence-corrected chi connectivity index (χ3v) is 8.75. The van der Waals surface area contributed by atoms with Crippen molar-refractivity contribution < 1.29 is 0 Å². The Morgan fingerprint density at radius 2 is 1.11 bits per heavy atom. The zero-order valence-corrected chi connectivity index (χ0v) is 25.7. The maximum atomic E-state index is 3.46. The van der Waals surface area contributed by atoms with Crippen molar-refractivity contribution in [1.29, 1.82) is 0 Å². The summed E-state index contributed by atoms with van der Waals surface area (Å²) in [5.41, 5.74) is 15.4. The molecular formula is C45H36. The highest BCUT2D eigenvalue weighted by atomic mass is 14.2. The second-order valence-electron chi connectivity index (χ2n) is 11.6. The van der Waals surface area contributed by atoms with E-state index in [-0.39, 0.29) is 0 Å². The van der Waals surface area contributed by atoms with E-state index in [4.69, 9.17) is 0 Å². The Labute approximate surface area is 267 Å². The first kappa shape index (κ1) is 28.3. The fraction of sp³-hybridized carbons (Fsp3) is 0.0667. The Balaban J connectivity index is 0.000000606. The third kappa shape index (κ3) is 5.64. The van der Waals surface area contributed by atoms with Gasteiger partial charge < -0.3 is 0 Å². The van der Waals surface area contributed by atoms with Gasteiger partial charge in [-0.05, 0) is 122 Å². The summed E-state index contributed by atoms with van der Waals surface area (Å²) in [5.74, 6) is 0. The monoisotopic (exact) mass is 576 g/mol. The SMILES string of the molecule is C1=CC(c2ccc(-c3cccc(-c4cccc(-c5cc6c7c(cccc7c5)-c5ccccc5-6)c4)c3)cc2)=CCC1.C=C/C=C\C. The van der Waals surface area contributed by atoms with Gasteiger partial charge in [-0.2, -0.15) is 0 Å². The lowest BCUT2D eigenvalue weighted by atomic mass is 9.93. The Morgan fingerprint density at radius 1 is 0.511 bits per heavy atom. The van der Waals surface area contributed by atoms with Crippen LogP contribution in [0.2, 0.25) is 0 Å². The molecule has 45 heavy (non-hydrogen) atoms. The van der Waals surface area contributed by atoms with Crippen LogP contribution >= 0.6 is 0 Å². The zero-order chi connectivity index (χ0) is 30.6. The van der Waals surface area contributed by atoms with Crippen LogP contribution in [0.25, 0.3) is 72.0 Å². The van der Waals surface area contributed by atoms with Crippen LogP contribution in [-0.2, 0) is 0 Å². The van der Waals surface area contributed by atoms with Crippen molar-refractivity contribution in [1.82, 2.24) is 0 Å². The van der Waals surface area contributed by atoms with E-state index >= 15 is 0 Å². The van der Waals surface area contributed by atoms with Crippen molar-refractivity contribution in [2.75, 3.05) is 0 Å². The van der Waals surface area contributed by atoms with Crippen LogP contribution in [0.4, 0.5) is 0 Å². The number of rotatable bonds is 5. The molecule has 6 aromatic rings. The molecule has 0 N–H and O–H groups in total. The van der Waals surface area contributed by atoms with E-state index < -0.39 is 0 Å². The van der Waals surface area contributed by atoms with Crippen molar-refractivity contribution in [3.05, 3.63) is 176 Å². The van der Waals surface area contributed by atoms with Gasteiger partial charge in [0.2, 0.25) is 0 Å². The molecule has 2 aliphatic rings. The summed E-state index contributed by atoms with van der Waals surface area (Å²) in [5, 5.41) is 2.68. The minimum absolute atomic E-state index is 1.13. The normalized spacial score (nSPS) is 12.9. The molecule has 0 fully saturated rings. The van der Waals surface area contributed by atoms with Crippen LogP contribution in [0.3, 0.4) is 0 Å². The summed E-state index contributed by atoms with van der Waals surface area (Å²) in [6.07, 6.45) is 14.7. The average molecular weight is 577 g/mol. The van der Waals surface area contributed by atoms with Gasteiger partial charge in [0.1, 0.15) is 0 Å². The lowest BCUT2D eigenvalue weighted by Gasteiger charge is -2.11. The molecule has 0 amide bonds. The predicted octanol–water partition coefficient (Wildman–Crippen LogP) is 13.0. The molecule has 0 bridgehead atoms. The molecule has 0 radical (unpaired) electrons. The molecule has 0 atom stereocenters. The van der Waals surface area contributed by atoms with Gasteiger partial charge in [-0.3, -0.25) is 0 Å². The summed E-state index contributed by atoms with van der Waals surface area (Å²) in [4.78, 5) is 0. The van der Waals surface area contributed by atoms with Gasteiger partial charge >= 0.3 is 0 Å². The highest BCUT2D eigenvalue weighted by Crippen LogP contribution is 2.48. The van der Waals surface area contributed by atoms with E-state index in [1.165, 1.54) is 77.5 Å². The summed E-state index contributed by atoms with van der Waals surface area (Å²) < 4.78 is 0. The van der Waals surface area contributed by atoms with Crippen molar-refractivity contribution in [3.8, 4) is 55.6 Å². The van der Waals surface area contributed by atoms with Crippen LogP contribution in [0.5, 0.6) is 0 Å². The largest absolute Gasteiger partial charge is 0.0991 e.